The number of nitrogens with zero attached hydrogens (tertiary/aromatic N) is 4. The maximum absolute atomic E-state index is 11.6. The van der Waals surface area contributed by atoms with Crippen LogP contribution in [0.2, 0.25) is 0 Å². The number of carbonyl (C=O) groups excluding carboxylic acids is 1. The molecular formula is C8H8N4O. The average Bonchev–Trinajstić information content (AvgIpc) is 2.72. The number of aryl methyl sites for hydroxylation is 1. The number of carbonyl (C=O) groups is 1. The van der Waals surface area contributed by atoms with Gasteiger partial charge in [-0.2, -0.15) is 0 Å². The maximum atomic E-state index is 11.6. The largest absolute Gasteiger partial charge is 0.330 e. The summed E-state index contributed by atoms with van der Waals surface area (Å²) in [5.41, 5.74) is 0. The van der Waals surface area contributed by atoms with Crippen molar-refractivity contribution in [1.82, 2.24) is 19.1 Å². The summed E-state index contributed by atoms with van der Waals surface area (Å²) < 4.78 is 3.06. The molecule has 0 unspecified atom stereocenters. The first-order chi connectivity index (χ1) is 6.29. The van der Waals surface area contributed by atoms with Crippen LogP contribution in [-0.4, -0.2) is 25.0 Å². The number of hydrogen-bond acceptors (Lipinski definition) is 3. The van der Waals surface area contributed by atoms with Crippen LogP contribution in [0.25, 0.3) is 0 Å². The first-order valence-electron chi connectivity index (χ1n) is 3.79. The quantitative estimate of drug-likeness (QED) is 0.628. The van der Waals surface area contributed by atoms with Crippen molar-refractivity contribution >= 4 is 5.91 Å². The second kappa shape index (κ2) is 2.85. The molecule has 2 rings (SSSR count). The zero-order valence-corrected chi connectivity index (χ0v) is 7.08. The first-order valence-corrected chi connectivity index (χ1v) is 3.79. The maximum Gasteiger partial charge on any atom is 0.299 e. The van der Waals surface area contributed by atoms with E-state index in [4.69, 9.17) is 0 Å². The molecule has 0 aliphatic carbocycles. The van der Waals surface area contributed by atoms with Crippen molar-refractivity contribution in [2.75, 3.05) is 0 Å². The Hall–Kier alpha value is -1.91. The second-order valence-electron chi connectivity index (χ2n) is 2.64. The van der Waals surface area contributed by atoms with Crippen LogP contribution in [0.3, 0.4) is 0 Å². The van der Waals surface area contributed by atoms with E-state index in [-0.39, 0.29) is 5.91 Å². The molecule has 0 atom stereocenters. The van der Waals surface area contributed by atoms with Gasteiger partial charge < -0.3 is 4.57 Å². The molecule has 5 nitrogen and oxygen atoms in total. The molecule has 0 saturated heterocycles. The standard InChI is InChI=1S/C8H8N4O/c1-11-4-3-10-7(11)8(13)12-5-2-9-6-12/h2-6H,1H3. The molecule has 0 aliphatic heterocycles. The predicted octanol–water partition coefficient (Wildman–Crippen LogP) is 0.305. The SMILES string of the molecule is Cn1ccnc1C(=O)n1ccnc1. The lowest BCUT2D eigenvalue weighted by molar-refractivity contribution is 0.0946. The lowest BCUT2D eigenvalue weighted by atomic mass is 10.5. The van der Waals surface area contributed by atoms with E-state index in [0.717, 1.165) is 0 Å². The molecule has 13 heavy (non-hydrogen) atoms. The van der Waals surface area contributed by atoms with E-state index < -0.39 is 0 Å². The summed E-state index contributed by atoms with van der Waals surface area (Å²) >= 11 is 0. The molecule has 0 fully saturated rings. The lowest BCUT2D eigenvalue weighted by Crippen LogP contribution is -2.14. The normalized spacial score (nSPS) is 10.2. The van der Waals surface area contributed by atoms with Crippen LogP contribution in [0.5, 0.6) is 0 Å². The molecule has 0 aromatic carbocycles. The minimum atomic E-state index is -0.176. The van der Waals surface area contributed by atoms with Gasteiger partial charge in [-0.05, 0) is 0 Å². The fourth-order valence-corrected chi connectivity index (χ4v) is 1.07. The molecule has 0 saturated carbocycles. The summed E-state index contributed by atoms with van der Waals surface area (Å²) in [5.74, 6) is 0.225. The summed E-state index contributed by atoms with van der Waals surface area (Å²) in [6, 6.07) is 0. The van der Waals surface area contributed by atoms with E-state index >= 15 is 0 Å². The van der Waals surface area contributed by atoms with Gasteiger partial charge in [0.1, 0.15) is 6.33 Å². The molecule has 0 bridgehead atoms. The van der Waals surface area contributed by atoms with Gasteiger partial charge in [0.25, 0.3) is 5.91 Å². The molecule has 66 valence electrons. The Morgan fingerprint density at radius 1 is 1.38 bits per heavy atom. The van der Waals surface area contributed by atoms with Gasteiger partial charge in [-0.3, -0.25) is 9.36 Å². The highest BCUT2D eigenvalue weighted by Gasteiger charge is 2.11. The number of aromatic nitrogens is 4. The van der Waals surface area contributed by atoms with Crippen molar-refractivity contribution in [3.63, 3.8) is 0 Å². The lowest BCUT2D eigenvalue weighted by Gasteiger charge is -1.99. The Kier molecular flexibility index (Phi) is 1.70. The van der Waals surface area contributed by atoms with Crippen molar-refractivity contribution < 1.29 is 4.79 Å². The topological polar surface area (TPSA) is 52.7 Å². The van der Waals surface area contributed by atoms with Crippen LogP contribution in [0.15, 0.2) is 31.1 Å². The van der Waals surface area contributed by atoms with E-state index in [1.165, 1.54) is 10.9 Å². The fraction of sp³-hybridized carbons (Fsp3) is 0.125. The highest BCUT2D eigenvalue weighted by molar-refractivity contribution is 5.92. The Labute approximate surface area is 74.7 Å². The molecular weight excluding hydrogens is 168 g/mol. The molecule has 0 spiro atoms. The predicted molar refractivity (Wildman–Crippen MR) is 45.2 cm³/mol. The second-order valence-corrected chi connectivity index (χ2v) is 2.64. The van der Waals surface area contributed by atoms with Crippen LogP contribution in [0.4, 0.5) is 0 Å². The number of rotatable bonds is 1. The zero-order chi connectivity index (χ0) is 9.26. The van der Waals surface area contributed by atoms with Gasteiger partial charge in [-0.1, -0.05) is 0 Å². The Morgan fingerprint density at radius 3 is 2.77 bits per heavy atom. The van der Waals surface area contributed by atoms with Crippen molar-refractivity contribution in [3.05, 3.63) is 36.9 Å². The van der Waals surface area contributed by atoms with Crippen LogP contribution >= 0.6 is 0 Å². The van der Waals surface area contributed by atoms with Gasteiger partial charge in [-0.15, -0.1) is 0 Å². The molecule has 5 heteroatoms. The van der Waals surface area contributed by atoms with Gasteiger partial charge in [-0.25, -0.2) is 9.97 Å². The molecule has 2 aromatic heterocycles. The summed E-state index contributed by atoms with van der Waals surface area (Å²) in [5, 5.41) is 0. The van der Waals surface area contributed by atoms with E-state index in [9.17, 15) is 4.79 Å². The third-order valence-electron chi connectivity index (χ3n) is 1.75. The van der Waals surface area contributed by atoms with E-state index in [1.54, 1.807) is 36.4 Å². The van der Waals surface area contributed by atoms with Gasteiger partial charge in [0.15, 0.2) is 5.82 Å². The smallest absolute Gasteiger partial charge is 0.299 e. The molecule has 0 radical (unpaired) electrons. The summed E-state index contributed by atoms with van der Waals surface area (Å²) in [6.07, 6.45) is 7.92. The van der Waals surface area contributed by atoms with Crippen molar-refractivity contribution in [1.29, 1.82) is 0 Å². The van der Waals surface area contributed by atoms with E-state index in [1.807, 2.05) is 0 Å². The van der Waals surface area contributed by atoms with Crippen LogP contribution in [0.1, 0.15) is 10.6 Å². The molecule has 0 amide bonds. The number of hydrogen-bond donors (Lipinski definition) is 0. The zero-order valence-electron chi connectivity index (χ0n) is 7.08. The van der Waals surface area contributed by atoms with Crippen LogP contribution in [0, 0.1) is 0 Å². The van der Waals surface area contributed by atoms with Gasteiger partial charge >= 0.3 is 0 Å². The summed E-state index contributed by atoms with van der Waals surface area (Å²) in [7, 11) is 1.77. The first kappa shape index (κ1) is 7.72. The van der Waals surface area contributed by atoms with Crippen molar-refractivity contribution in [3.8, 4) is 0 Å². The van der Waals surface area contributed by atoms with Gasteiger partial charge in [0.2, 0.25) is 0 Å². The highest BCUT2D eigenvalue weighted by atomic mass is 16.2. The summed E-state index contributed by atoms with van der Waals surface area (Å²) in [4.78, 5) is 19.4. The van der Waals surface area contributed by atoms with Crippen molar-refractivity contribution in [2.24, 2.45) is 7.05 Å². The Balaban J connectivity index is 2.39. The monoisotopic (exact) mass is 176 g/mol. The average molecular weight is 176 g/mol. The molecule has 2 heterocycles. The van der Waals surface area contributed by atoms with E-state index in [2.05, 4.69) is 9.97 Å². The van der Waals surface area contributed by atoms with Crippen LogP contribution in [-0.2, 0) is 7.05 Å². The van der Waals surface area contributed by atoms with Crippen molar-refractivity contribution in [2.45, 2.75) is 0 Å². The minimum Gasteiger partial charge on any atom is -0.330 e. The third-order valence-corrected chi connectivity index (χ3v) is 1.75. The molecule has 0 aliphatic rings. The third kappa shape index (κ3) is 1.24. The van der Waals surface area contributed by atoms with Gasteiger partial charge in [0, 0.05) is 31.8 Å². The number of imidazole rings is 2. The Bertz CT molecular complexity index is 415. The molecule has 2 aromatic rings. The fourth-order valence-electron chi connectivity index (χ4n) is 1.07. The Morgan fingerprint density at radius 2 is 2.23 bits per heavy atom. The summed E-state index contributed by atoms with van der Waals surface area (Å²) in [6.45, 7) is 0. The minimum absolute atomic E-state index is 0.176. The van der Waals surface area contributed by atoms with Gasteiger partial charge in [0.05, 0.1) is 0 Å². The van der Waals surface area contributed by atoms with Crippen LogP contribution < -0.4 is 0 Å². The molecule has 0 N–H and O–H groups in total. The highest BCUT2D eigenvalue weighted by Crippen LogP contribution is 1.98. The van der Waals surface area contributed by atoms with E-state index in [0.29, 0.717) is 5.82 Å².